The summed E-state index contributed by atoms with van der Waals surface area (Å²) >= 11 is 0. The van der Waals surface area contributed by atoms with Crippen LogP contribution in [-0.2, 0) is 17.6 Å². The van der Waals surface area contributed by atoms with Crippen LogP contribution in [0.5, 0.6) is 5.75 Å². The number of carbonyl (C=O) groups excluding carboxylic acids is 1. The molecule has 2 atom stereocenters. The van der Waals surface area contributed by atoms with Crippen LogP contribution < -0.4 is 10.1 Å². The molecule has 0 unspecified atom stereocenters. The molecular formula is C23H29NO2. The Kier molecular flexibility index (Phi) is 5.97. The molecule has 0 aromatic heterocycles. The van der Waals surface area contributed by atoms with Gasteiger partial charge in [0.15, 0.2) is 6.10 Å². The highest BCUT2D eigenvalue weighted by molar-refractivity contribution is 5.81. The zero-order chi connectivity index (χ0) is 18.5. The zero-order valence-electron chi connectivity index (χ0n) is 16.0. The molecule has 1 N–H and O–H groups in total. The Labute approximate surface area is 156 Å². The highest BCUT2D eigenvalue weighted by atomic mass is 16.5. The summed E-state index contributed by atoms with van der Waals surface area (Å²) < 4.78 is 6.07. The molecule has 3 heteroatoms. The molecule has 0 aliphatic heterocycles. The van der Waals surface area contributed by atoms with Gasteiger partial charge in [0, 0.05) is 0 Å². The molecule has 0 fully saturated rings. The van der Waals surface area contributed by atoms with Crippen LogP contribution in [0.2, 0.25) is 0 Å². The molecule has 2 aromatic rings. The minimum Gasteiger partial charge on any atom is -0.481 e. The first-order chi connectivity index (χ1) is 12.6. The van der Waals surface area contributed by atoms with Crippen LogP contribution in [0.3, 0.4) is 0 Å². The maximum absolute atomic E-state index is 12.7. The van der Waals surface area contributed by atoms with E-state index >= 15 is 0 Å². The maximum atomic E-state index is 12.7. The smallest absolute Gasteiger partial charge is 0.261 e. The molecule has 3 rings (SSSR count). The summed E-state index contributed by atoms with van der Waals surface area (Å²) in [7, 11) is 0. The fourth-order valence-corrected chi connectivity index (χ4v) is 3.77. The van der Waals surface area contributed by atoms with Gasteiger partial charge in [-0.25, -0.2) is 0 Å². The van der Waals surface area contributed by atoms with Crippen LogP contribution in [0, 0.1) is 6.92 Å². The van der Waals surface area contributed by atoms with Crippen LogP contribution in [0.25, 0.3) is 0 Å². The topological polar surface area (TPSA) is 38.3 Å². The predicted molar refractivity (Wildman–Crippen MR) is 106 cm³/mol. The lowest BCUT2D eigenvalue weighted by Gasteiger charge is -2.24. The largest absolute Gasteiger partial charge is 0.481 e. The third-order valence-electron chi connectivity index (χ3n) is 5.31. The number of aryl methyl sites for hydroxylation is 2. The molecule has 0 bridgehead atoms. The summed E-state index contributed by atoms with van der Waals surface area (Å²) in [6.07, 6.45) is 4.92. The lowest BCUT2D eigenvalue weighted by atomic mass is 9.91. The Morgan fingerprint density at radius 3 is 2.65 bits per heavy atom. The minimum absolute atomic E-state index is 0.0134. The van der Waals surface area contributed by atoms with E-state index in [-0.39, 0.29) is 11.9 Å². The summed E-state index contributed by atoms with van der Waals surface area (Å²) in [5.74, 6) is 0.808. The van der Waals surface area contributed by atoms with Crippen molar-refractivity contribution in [1.29, 1.82) is 0 Å². The second-order valence-corrected chi connectivity index (χ2v) is 7.19. The highest BCUT2D eigenvalue weighted by Gasteiger charge is 2.22. The van der Waals surface area contributed by atoms with Crippen molar-refractivity contribution >= 4 is 5.91 Å². The maximum Gasteiger partial charge on any atom is 0.261 e. The van der Waals surface area contributed by atoms with Crippen LogP contribution in [0.15, 0.2) is 42.5 Å². The Bertz CT molecular complexity index is 769. The first-order valence-electron chi connectivity index (χ1n) is 9.73. The fraction of sp³-hybridized carbons (Fsp3) is 0.435. The van der Waals surface area contributed by atoms with E-state index in [0.717, 1.165) is 25.0 Å². The van der Waals surface area contributed by atoms with Crippen molar-refractivity contribution in [2.75, 3.05) is 0 Å². The van der Waals surface area contributed by atoms with Gasteiger partial charge < -0.3 is 10.1 Å². The normalized spacial score (nSPS) is 15.7. The van der Waals surface area contributed by atoms with Gasteiger partial charge in [-0.1, -0.05) is 43.3 Å². The molecule has 2 aromatic carbocycles. The van der Waals surface area contributed by atoms with E-state index in [1.165, 1.54) is 35.1 Å². The summed E-state index contributed by atoms with van der Waals surface area (Å²) in [4.78, 5) is 12.7. The van der Waals surface area contributed by atoms with Gasteiger partial charge in [-0.3, -0.25) is 4.79 Å². The average Bonchev–Trinajstić information content (AvgIpc) is 2.67. The zero-order valence-corrected chi connectivity index (χ0v) is 16.0. The number of rotatable bonds is 6. The lowest BCUT2D eigenvalue weighted by molar-refractivity contribution is -0.128. The quantitative estimate of drug-likeness (QED) is 0.803. The first kappa shape index (κ1) is 18.5. The van der Waals surface area contributed by atoms with E-state index in [4.69, 9.17) is 4.74 Å². The van der Waals surface area contributed by atoms with E-state index in [0.29, 0.717) is 0 Å². The average molecular weight is 351 g/mol. The molecule has 3 nitrogen and oxygen atoms in total. The van der Waals surface area contributed by atoms with Crippen LogP contribution >= 0.6 is 0 Å². The van der Waals surface area contributed by atoms with E-state index < -0.39 is 6.10 Å². The second kappa shape index (κ2) is 8.39. The van der Waals surface area contributed by atoms with Gasteiger partial charge >= 0.3 is 0 Å². The second-order valence-electron chi connectivity index (χ2n) is 7.19. The number of hydrogen-bond donors (Lipinski definition) is 1. The Morgan fingerprint density at radius 1 is 1.12 bits per heavy atom. The summed E-state index contributed by atoms with van der Waals surface area (Å²) in [5.41, 5.74) is 5.02. The SMILES string of the molecule is CC[C@@H](NC(=O)[C@H](C)Oc1cccc2c1CCCC2)c1ccccc1C. The molecule has 138 valence electrons. The fourth-order valence-electron chi connectivity index (χ4n) is 3.77. The number of hydrogen-bond acceptors (Lipinski definition) is 2. The van der Waals surface area contributed by atoms with Crippen LogP contribution in [0.1, 0.15) is 61.4 Å². The van der Waals surface area contributed by atoms with Gasteiger partial charge in [-0.15, -0.1) is 0 Å². The third-order valence-corrected chi connectivity index (χ3v) is 5.31. The van der Waals surface area contributed by atoms with Gasteiger partial charge in [0.25, 0.3) is 5.91 Å². The van der Waals surface area contributed by atoms with Crippen molar-refractivity contribution in [2.45, 2.75) is 65.0 Å². The third kappa shape index (κ3) is 4.09. The number of amides is 1. The molecule has 0 saturated heterocycles. The predicted octanol–water partition coefficient (Wildman–Crippen LogP) is 4.91. The van der Waals surface area contributed by atoms with E-state index in [9.17, 15) is 4.79 Å². The minimum atomic E-state index is -0.513. The summed E-state index contributed by atoms with van der Waals surface area (Å²) in [5, 5.41) is 3.16. The number of benzene rings is 2. The Balaban J connectivity index is 1.69. The molecular weight excluding hydrogens is 322 g/mol. The Hall–Kier alpha value is -2.29. The molecule has 1 amide bonds. The monoisotopic (exact) mass is 351 g/mol. The van der Waals surface area contributed by atoms with Crippen molar-refractivity contribution in [2.24, 2.45) is 0 Å². The summed E-state index contributed by atoms with van der Waals surface area (Å²) in [6, 6.07) is 14.4. The molecule has 0 radical (unpaired) electrons. The number of ether oxygens (including phenoxy) is 1. The van der Waals surface area contributed by atoms with Crippen molar-refractivity contribution in [1.82, 2.24) is 5.32 Å². The van der Waals surface area contributed by atoms with Gasteiger partial charge in [0.05, 0.1) is 6.04 Å². The molecule has 1 aliphatic rings. The lowest BCUT2D eigenvalue weighted by Crippen LogP contribution is -2.38. The standard InChI is InChI=1S/C23H29NO2/c1-4-21(19-13-7-5-10-16(19)2)24-23(25)17(3)26-22-15-9-12-18-11-6-8-14-20(18)22/h5,7,9-10,12-13,15,17,21H,4,6,8,11,14H2,1-3H3,(H,24,25)/t17-,21+/m0/s1. The summed E-state index contributed by atoms with van der Waals surface area (Å²) in [6.45, 7) is 6.01. The molecule has 0 heterocycles. The van der Waals surface area contributed by atoms with E-state index in [1.54, 1.807) is 0 Å². The first-order valence-corrected chi connectivity index (χ1v) is 9.73. The molecule has 0 saturated carbocycles. The number of fused-ring (bicyclic) bond motifs is 1. The molecule has 1 aliphatic carbocycles. The van der Waals surface area contributed by atoms with Crippen LogP contribution in [0.4, 0.5) is 0 Å². The van der Waals surface area contributed by atoms with Gasteiger partial charge in [-0.05, 0) is 74.3 Å². The Morgan fingerprint density at radius 2 is 1.88 bits per heavy atom. The van der Waals surface area contributed by atoms with Crippen molar-refractivity contribution in [3.63, 3.8) is 0 Å². The molecule has 26 heavy (non-hydrogen) atoms. The van der Waals surface area contributed by atoms with E-state index in [1.807, 2.05) is 31.2 Å². The van der Waals surface area contributed by atoms with Crippen molar-refractivity contribution in [3.8, 4) is 5.75 Å². The van der Waals surface area contributed by atoms with Gasteiger partial charge in [0.2, 0.25) is 0 Å². The van der Waals surface area contributed by atoms with Crippen molar-refractivity contribution in [3.05, 3.63) is 64.7 Å². The number of nitrogens with one attached hydrogen (secondary N) is 1. The number of carbonyl (C=O) groups is 1. The van der Waals surface area contributed by atoms with Crippen LogP contribution in [-0.4, -0.2) is 12.0 Å². The highest BCUT2D eigenvalue weighted by Crippen LogP contribution is 2.30. The molecule has 0 spiro atoms. The van der Waals surface area contributed by atoms with Gasteiger partial charge in [0.1, 0.15) is 5.75 Å². The van der Waals surface area contributed by atoms with Crippen molar-refractivity contribution < 1.29 is 9.53 Å². The van der Waals surface area contributed by atoms with Gasteiger partial charge in [-0.2, -0.15) is 0 Å². The van der Waals surface area contributed by atoms with E-state index in [2.05, 4.69) is 37.4 Å².